The van der Waals surface area contributed by atoms with Crippen LogP contribution in [0.5, 0.6) is 5.75 Å². The molecule has 0 saturated carbocycles. The van der Waals surface area contributed by atoms with Crippen molar-refractivity contribution in [1.29, 1.82) is 0 Å². The maximum atomic E-state index is 11.1. The number of amides is 1. The summed E-state index contributed by atoms with van der Waals surface area (Å²) in [5, 5.41) is 10.9. The summed E-state index contributed by atoms with van der Waals surface area (Å²) in [6.07, 6.45) is -0.545. The minimum atomic E-state index is -0.545. The van der Waals surface area contributed by atoms with Gasteiger partial charge in [-0.05, 0) is 17.7 Å². The number of methoxy groups -OCH3 is 1. The molecule has 1 aromatic carbocycles. The molecule has 0 saturated heterocycles. The van der Waals surface area contributed by atoms with Crippen LogP contribution in [0.15, 0.2) is 24.3 Å². The fraction of sp³-hybridized carbons (Fsp3) is 0.364. The number of carbonyl (C=O) groups is 1. The highest BCUT2D eigenvalue weighted by Gasteiger charge is 2.02. The van der Waals surface area contributed by atoms with Crippen molar-refractivity contribution < 1.29 is 19.4 Å². The van der Waals surface area contributed by atoms with Crippen LogP contribution in [-0.2, 0) is 11.3 Å². The molecule has 0 fully saturated rings. The van der Waals surface area contributed by atoms with Gasteiger partial charge in [-0.3, -0.25) is 0 Å². The third-order valence-electron chi connectivity index (χ3n) is 1.89. The zero-order chi connectivity index (χ0) is 11.8. The molecular weight excluding hydrogens is 210 g/mol. The minimum absolute atomic E-state index is 0.103. The van der Waals surface area contributed by atoms with Gasteiger partial charge in [0.05, 0.1) is 13.7 Å². The van der Waals surface area contributed by atoms with E-state index >= 15 is 0 Å². The van der Waals surface area contributed by atoms with Gasteiger partial charge >= 0.3 is 6.09 Å². The van der Waals surface area contributed by atoms with E-state index in [9.17, 15) is 4.79 Å². The van der Waals surface area contributed by atoms with Crippen LogP contribution in [0.25, 0.3) is 0 Å². The minimum Gasteiger partial charge on any atom is -0.497 e. The quantitative estimate of drug-likeness (QED) is 0.781. The summed E-state index contributed by atoms with van der Waals surface area (Å²) in [5.74, 6) is 0.719. The monoisotopic (exact) mass is 225 g/mol. The molecule has 88 valence electrons. The van der Waals surface area contributed by atoms with Gasteiger partial charge in [0.1, 0.15) is 12.4 Å². The van der Waals surface area contributed by atoms with Gasteiger partial charge in [0.25, 0.3) is 0 Å². The van der Waals surface area contributed by atoms with Crippen molar-refractivity contribution >= 4 is 6.09 Å². The van der Waals surface area contributed by atoms with Gasteiger partial charge in [0, 0.05) is 6.54 Å². The van der Waals surface area contributed by atoms with Crippen molar-refractivity contribution in [3.63, 3.8) is 0 Å². The Balaban J connectivity index is 2.38. The summed E-state index contributed by atoms with van der Waals surface area (Å²) < 4.78 is 9.95. The molecule has 1 rings (SSSR count). The van der Waals surface area contributed by atoms with E-state index in [2.05, 4.69) is 5.32 Å². The van der Waals surface area contributed by atoms with E-state index in [1.807, 2.05) is 18.2 Å². The second-order valence-corrected chi connectivity index (χ2v) is 3.08. The molecule has 16 heavy (non-hydrogen) atoms. The zero-order valence-corrected chi connectivity index (χ0v) is 9.10. The van der Waals surface area contributed by atoms with Gasteiger partial charge < -0.3 is 19.9 Å². The van der Waals surface area contributed by atoms with Crippen molar-refractivity contribution in [1.82, 2.24) is 5.32 Å². The number of hydrogen-bond acceptors (Lipinski definition) is 4. The lowest BCUT2D eigenvalue weighted by molar-refractivity contribution is 0.137. The van der Waals surface area contributed by atoms with Crippen LogP contribution in [0.3, 0.4) is 0 Å². The molecule has 1 aromatic rings. The first-order valence-corrected chi connectivity index (χ1v) is 4.90. The summed E-state index contributed by atoms with van der Waals surface area (Å²) in [5.41, 5.74) is 0.846. The predicted octanol–water partition coefficient (Wildman–Crippen LogP) is 0.914. The van der Waals surface area contributed by atoms with E-state index < -0.39 is 6.09 Å². The second-order valence-electron chi connectivity index (χ2n) is 3.08. The Kier molecular flexibility index (Phi) is 5.15. The van der Waals surface area contributed by atoms with Crippen LogP contribution in [-0.4, -0.2) is 31.5 Å². The molecule has 0 atom stereocenters. The summed E-state index contributed by atoms with van der Waals surface area (Å²) in [6.45, 7) is 0.264. The Hall–Kier alpha value is -1.75. The Bertz CT molecular complexity index is 341. The van der Waals surface area contributed by atoms with Crippen LogP contribution in [0, 0.1) is 0 Å². The van der Waals surface area contributed by atoms with Crippen LogP contribution < -0.4 is 10.1 Å². The first-order chi connectivity index (χ1) is 7.76. The van der Waals surface area contributed by atoms with Gasteiger partial charge in [0.15, 0.2) is 0 Å². The van der Waals surface area contributed by atoms with Gasteiger partial charge in [0.2, 0.25) is 0 Å². The molecule has 0 unspecified atom stereocenters. The number of aliphatic hydroxyl groups is 1. The summed E-state index contributed by atoms with van der Waals surface area (Å²) in [7, 11) is 1.58. The molecule has 0 aliphatic heterocycles. The average Bonchev–Trinajstić information content (AvgIpc) is 2.34. The SMILES string of the molecule is COc1cccc(COC(=O)NCCO)c1. The Labute approximate surface area is 94.0 Å². The number of hydrogen-bond donors (Lipinski definition) is 2. The largest absolute Gasteiger partial charge is 0.497 e. The lowest BCUT2D eigenvalue weighted by Crippen LogP contribution is -2.26. The van der Waals surface area contributed by atoms with E-state index in [-0.39, 0.29) is 19.8 Å². The van der Waals surface area contributed by atoms with Crippen molar-refractivity contribution in [2.75, 3.05) is 20.3 Å². The first-order valence-electron chi connectivity index (χ1n) is 4.90. The lowest BCUT2D eigenvalue weighted by atomic mass is 10.2. The zero-order valence-electron chi connectivity index (χ0n) is 9.10. The third-order valence-corrected chi connectivity index (χ3v) is 1.89. The van der Waals surface area contributed by atoms with E-state index in [4.69, 9.17) is 14.6 Å². The van der Waals surface area contributed by atoms with E-state index in [1.165, 1.54) is 0 Å². The van der Waals surface area contributed by atoms with Crippen molar-refractivity contribution in [3.05, 3.63) is 29.8 Å². The normalized spacial score (nSPS) is 9.62. The van der Waals surface area contributed by atoms with Crippen LogP contribution >= 0.6 is 0 Å². The number of aliphatic hydroxyl groups excluding tert-OH is 1. The number of nitrogens with one attached hydrogen (secondary N) is 1. The Morgan fingerprint density at radius 3 is 3.00 bits per heavy atom. The van der Waals surface area contributed by atoms with Crippen molar-refractivity contribution in [2.45, 2.75) is 6.61 Å². The molecule has 0 bridgehead atoms. The smallest absolute Gasteiger partial charge is 0.407 e. The van der Waals surface area contributed by atoms with Crippen LogP contribution in [0.1, 0.15) is 5.56 Å². The maximum Gasteiger partial charge on any atom is 0.407 e. The van der Waals surface area contributed by atoms with E-state index in [1.54, 1.807) is 13.2 Å². The van der Waals surface area contributed by atoms with Gasteiger partial charge in [-0.1, -0.05) is 12.1 Å². The molecule has 5 heteroatoms. The highest BCUT2D eigenvalue weighted by atomic mass is 16.5. The molecule has 0 aliphatic rings. The highest BCUT2D eigenvalue weighted by molar-refractivity contribution is 5.67. The Morgan fingerprint density at radius 1 is 1.50 bits per heavy atom. The van der Waals surface area contributed by atoms with Gasteiger partial charge in [-0.2, -0.15) is 0 Å². The third kappa shape index (κ3) is 4.18. The standard InChI is InChI=1S/C11H15NO4/c1-15-10-4-2-3-9(7-10)8-16-11(14)12-5-6-13/h2-4,7,13H,5-6,8H2,1H3,(H,12,14). The summed E-state index contributed by atoms with van der Waals surface area (Å²) in [4.78, 5) is 11.1. The van der Waals surface area contributed by atoms with Crippen molar-refractivity contribution in [3.8, 4) is 5.75 Å². The fourth-order valence-electron chi connectivity index (χ4n) is 1.12. The lowest BCUT2D eigenvalue weighted by Gasteiger charge is -2.07. The fourth-order valence-corrected chi connectivity index (χ4v) is 1.12. The molecule has 2 N–H and O–H groups in total. The molecule has 0 heterocycles. The number of ether oxygens (including phenoxy) is 2. The maximum absolute atomic E-state index is 11.1. The molecule has 5 nitrogen and oxygen atoms in total. The number of rotatable bonds is 5. The molecule has 0 aromatic heterocycles. The molecular formula is C11H15NO4. The first kappa shape index (κ1) is 12.3. The van der Waals surface area contributed by atoms with Crippen LogP contribution in [0.4, 0.5) is 4.79 Å². The van der Waals surface area contributed by atoms with Gasteiger partial charge in [-0.25, -0.2) is 4.79 Å². The van der Waals surface area contributed by atoms with E-state index in [0.717, 1.165) is 11.3 Å². The number of benzene rings is 1. The predicted molar refractivity (Wildman–Crippen MR) is 58.3 cm³/mol. The molecule has 0 radical (unpaired) electrons. The number of alkyl carbamates (subject to hydrolysis) is 1. The molecule has 1 amide bonds. The highest BCUT2D eigenvalue weighted by Crippen LogP contribution is 2.13. The average molecular weight is 225 g/mol. The topological polar surface area (TPSA) is 67.8 Å². The van der Waals surface area contributed by atoms with Gasteiger partial charge in [-0.15, -0.1) is 0 Å². The van der Waals surface area contributed by atoms with E-state index in [0.29, 0.717) is 0 Å². The summed E-state index contributed by atoms with van der Waals surface area (Å²) in [6, 6.07) is 7.26. The summed E-state index contributed by atoms with van der Waals surface area (Å²) >= 11 is 0. The van der Waals surface area contributed by atoms with Crippen molar-refractivity contribution in [2.24, 2.45) is 0 Å². The second kappa shape index (κ2) is 6.68. The molecule has 0 aliphatic carbocycles. The molecule has 0 spiro atoms. The Morgan fingerprint density at radius 2 is 2.31 bits per heavy atom. The van der Waals surface area contributed by atoms with Crippen LogP contribution in [0.2, 0.25) is 0 Å². The number of carbonyl (C=O) groups excluding carboxylic acids is 1.